The van der Waals surface area contributed by atoms with Crippen LogP contribution in [0.2, 0.25) is 5.02 Å². The molecule has 4 nitrogen and oxygen atoms in total. The molecule has 5 heteroatoms. The number of halogens is 1. The fraction of sp³-hybridized carbons (Fsp3) is 0.273. The van der Waals surface area contributed by atoms with Crippen LogP contribution in [0.25, 0.3) is 0 Å². The summed E-state index contributed by atoms with van der Waals surface area (Å²) in [5.41, 5.74) is 2.03. The lowest BCUT2D eigenvalue weighted by Gasteiger charge is -2.05. The van der Waals surface area contributed by atoms with Crippen LogP contribution in [0.5, 0.6) is 0 Å². The Kier molecular flexibility index (Phi) is 3.41. The van der Waals surface area contributed by atoms with Crippen molar-refractivity contribution >= 4 is 17.3 Å². The summed E-state index contributed by atoms with van der Waals surface area (Å²) in [7, 11) is 0. The van der Waals surface area contributed by atoms with Crippen LogP contribution in [0, 0.1) is 0 Å². The van der Waals surface area contributed by atoms with E-state index < -0.39 is 0 Å². The second kappa shape index (κ2) is 4.99. The van der Waals surface area contributed by atoms with Gasteiger partial charge in [0.15, 0.2) is 0 Å². The van der Waals surface area contributed by atoms with Crippen molar-refractivity contribution in [3.05, 3.63) is 41.4 Å². The Morgan fingerprint density at radius 1 is 1.50 bits per heavy atom. The molecule has 0 aromatic carbocycles. The van der Waals surface area contributed by atoms with Crippen LogP contribution in [-0.4, -0.2) is 21.3 Å². The highest BCUT2D eigenvalue weighted by Crippen LogP contribution is 2.10. The van der Waals surface area contributed by atoms with Crippen molar-refractivity contribution in [3.63, 3.8) is 0 Å². The zero-order chi connectivity index (χ0) is 11.4. The number of nitrogens with zero attached hydrogens (tertiary/aromatic N) is 3. The van der Waals surface area contributed by atoms with E-state index in [-0.39, 0.29) is 0 Å². The third-order valence-corrected chi connectivity index (χ3v) is 2.32. The smallest absolute Gasteiger partial charge is 0.0832 e. The molecular formula is C11H13ClN4. The van der Waals surface area contributed by atoms with Gasteiger partial charge in [0.1, 0.15) is 0 Å². The molecule has 0 amide bonds. The first-order valence-corrected chi connectivity index (χ1v) is 5.52. The lowest BCUT2D eigenvalue weighted by Crippen LogP contribution is -2.03. The number of anilines is 1. The minimum atomic E-state index is 0.631. The molecule has 0 saturated heterocycles. The highest BCUT2D eigenvalue weighted by Gasteiger charge is 2.00. The quantitative estimate of drug-likeness (QED) is 0.887. The van der Waals surface area contributed by atoms with E-state index in [1.54, 1.807) is 23.3 Å². The monoisotopic (exact) mass is 236 g/mol. The Bertz CT molecular complexity index is 467. The largest absolute Gasteiger partial charge is 0.385 e. The van der Waals surface area contributed by atoms with Gasteiger partial charge in [-0.3, -0.25) is 9.67 Å². The number of hydrogen-bond acceptors (Lipinski definition) is 3. The van der Waals surface area contributed by atoms with E-state index in [1.165, 1.54) is 0 Å². The van der Waals surface area contributed by atoms with Crippen molar-refractivity contribution in [2.24, 2.45) is 0 Å². The topological polar surface area (TPSA) is 42.7 Å². The fourth-order valence-corrected chi connectivity index (χ4v) is 1.63. The molecule has 0 bridgehead atoms. The average Bonchev–Trinajstić information content (AvgIpc) is 2.65. The molecule has 0 unspecified atom stereocenters. The van der Waals surface area contributed by atoms with Gasteiger partial charge in [-0.05, 0) is 19.1 Å². The molecular weight excluding hydrogens is 224 g/mol. The molecule has 84 valence electrons. The van der Waals surface area contributed by atoms with E-state index in [2.05, 4.69) is 22.3 Å². The second-order valence-electron chi connectivity index (χ2n) is 3.42. The zero-order valence-corrected chi connectivity index (χ0v) is 9.78. The predicted molar refractivity (Wildman–Crippen MR) is 64.7 cm³/mol. The normalized spacial score (nSPS) is 10.4. The number of aromatic nitrogens is 3. The molecule has 2 aromatic rings. The molecule has 0 radical (unpaired) electrons. The first-order valence-electron chi connectivity index (χ1n) is 5.14. The maximum absolute atomic E-state index is 5.79. The van der Waals surface area contributed by atoms with Crippen molar-refractivity contribution in [2.45, 2.75) is 13.5 Å². The SMILES string of the molecule is CCNc1ccnc(Cn2cc(Cl)cn2)c1. The van der Waals surface area contributed by atoms with Crippen molar-refractivity contribution in [2.75, 3.05) is 11.9 Å². The molecule has 1 N–H and O–H groups in total. The molecule has 0 spiro atoms. The van der Waals surface area contributed by atoms with E-state index in [0.29, 0.717) is 11.6 Å². The molecule has 2 heterocycles. The summed E-state index contributed by atoms with van der Waals surface area (Å²) < 4.78 is 1.76. The average molecular weight is 237 g/mol. The minimum Gasteiger partial charge on any atom is -0.385 e. The fourth-order valence-electron chi connectivity index (χ4n) is 1.47. The van der Waals surface area contributed by atoms with Gasteiger partial charge >= 0.3 is 0 Å². The first kappa shape index (κ1) is 11.0. The second-order valence-corrected chi connectivity index (χ2v) is 3.86. The summed E-state index contributed by atoms with van der Waals surface area (Å²) in [6, 6.07) is 3.96. The summed E-state index contributed by atoms with van der Waals surface area (Å²) in [4.78, 5) is 4.28. The standard InChI is InChI=1S/C11H13ClN4/c1-2-13-10-3-4-14-11(5-10)8-16-7-9(12)6-15-16/h3-7H,2,8H2,1H3,(H,13,14). The Hall–Kier alpha value is -1.55. The lowest BCUT2D eigenvalue weighted by molar-refractivity contribution is 0.673. The van der Waals surface area contributed by atoms with Gasteiger partial charge in [0.2, 0.25) is 0 Å². The van der Waals surface area contributed by atoms with Crippen molar-refractivity contribution in [1.29, 1.82) is 0 Å². The van der Waals surface area contributed by atoms with Gasteiger partial charge in [0, 0.05) is 24.6 Å². The Morgan fingerprint density at radius 3 is 3.06 bits per heavy atom. The van der Waals surface area contributed by atoms with Crippen LogP contribution in [0.1, 0.15) is 12.6 Å². The van der Waals surface area contributed by atoms with Crippen LogP contribution < -0.4 is 5.32 Å². The molecule has 0 aliphatic rings. The summed E-state index contributed by atoms with van der Waals surface area (Å²) in [6.07, 6.45) is 5.19. The van der Waals surface area contributed by atoms with Crippen LogP contribution in [0.3, 0.4) is 0 Å². The van der Waals surface area contributed by atoms with Crippen molar-refractivity contribution in [1.82, 2.24) is 14.8 Å². The van der Waals surface area contributed by atoms with Gasteiger partial charge in [-0.2, -0.15) is 5.10 Å². The third-order valence-electron chi connectivity index (χ3n) is 2.12. The number of pyridine rings is 1. The zero-order valence-electron chi connectivity index (χ0n) is 9.02. The molecule has 0 fully saturated rings. The molecule has 0 saturated carbocycles. The lowest BCUT2D eigenvalue weighted by atomic mass is 10.3. The van der Waals surface area contributed by atoms with E-state index in [9.17, 15) is 0 Å². The first-order chi connectivity index (χ1) is 7.78. The maximum atomic E-state index is 5.79. The van der Waals surface area contributed by atoms with E-state index in [1.807, 2.05) is 12.1 Å². The van der Waals surface area contributed by atoms with Crippen LogP contribution >= 0.6 is 11.6 Å². The molecule has 0 atom stereocenters. The van der Waals surface area contributed by atoms with Crippen molar-refractivity contribution < 1.29 is 0 Å². The van der Waals surface area contributed by atoms with E-state index >= 15 is 0 Å². The predicted octanol–water partition coefficient (Wildman–Crippen LogP) is 2.41. The number of nitrogens with one attached hydrogen (secondary N) is 1. The van der Waals surface area contributed by atoms with Gasteiger partial charge in [0.25, 0.3) is 0 Å². The molecule has 0 aliphatic heterocycles. The summed E-state index contributed by atoms with van der Waals surface area (Å²) in [5, 5.41) is 8.00. The van der Waals surface area contributed by atoms with E-state index in [4.69, 9.17) is 11.6 Å². The molecule has 16 heavy (non-hydrogen) atoms. The Balaban J connectivity index is 2.12. The highest BCUT2D eigenvalue weighted by atomic mass is 35.5. The summed E-state index contributed by atoms with van der Waals surface area (Å²) >= 11 is 5.79. The van der Waals surface area contributed by atoms with Gasteiger partial charge in [-0.1, -0.05) is 11.6 Å². The molecule has 0 aliphatic carbocycles. The summed E-state index contributed by atoms with van der Waals surface area (Å²) in [5.74, 6) is 0. The van der Waals surface area contributed by atoms with Gasteiger partial charge in [-0.25, -0.2) is 0 Å². The minimum absolute atomic E-state index is 0.631. The molecule has 2 rings (SSSR count). The number of hydrogen-bond donors (Lipinski definition) is 1. The van der Waals surface area contributed by atoms with Crippen LogP contribution in [0.4, 0.5) is 5.69 Å². The maximum Gasteiger partial charge on any atom is 0.0832 e. The Morgan fingerprint density at radius 2 is 2.38 bits per heavy atom. The summed E-state index contributed by atoms with van der Waals surface area (Å²) in [6.45, 7) is 3.59. The van der Waals surface area contributed by atoms with E-state index in [0.717, 1.165) is 17.9 Å². The van der Waals surface area contributed by atoms with Crippen molar-refractivity contribution in [3.8, 4) is 0 Å². The number of rotatable bonds is 4. The third kappa shape index (κ3) is 2.73. The van der Waals surface area contributed by atoms with Gasteiger partial charge in [-0.15, -0.1) is 0 Å². The van der Waals surface area contributed by atoms with Gasteiger partial charge < -0.3 is 5.32 Å². The molecule has 2 aromatic heterocycles. The highest BCUT2D eigenvalue weighted by molar-refractivity contribution is 6.30. The van der Waals surface area contributed by atoms with Crippen LogP contribution in [0.15, 0.2) is 30.7 Å². The van der Waals surface area contributed by atoms with Gasteiger partial charge in [0.05, 0.1) is 23.5 Å². The van der Waals surface area contributed by atoms with Crippen LogP contribution in [-0.2, 0) is 6.54 Å². The Labute approximate surface area is 99.3 Å².